The number of piperidine rings is 1. The van der Waals surface area contributed by atoms with E-state index in [-0.39, 0.29) is 28.8 Å². The number of aliphatic carboxylic acids is 1. The Bertz CT molecular complexity index is 1490. The topological polar surface area (TPSA) is 95.2 Å². The van der Waals surface area contributed by atoms with E-state index in [1.165, 1.54) is 14.9 Å². The van der Waals surface area contributed by atoms with Crippen molar-refractivity contribution in [2.24, 2.45) is 5.92 Å². The third-order valence-corrected chi connectivity index (χ3v) is 8.42. The molecule has 5 rings (SSSR count). The average molecular weight is 549 g/mol. The Morgan fingerprint density at radius 1 is 1.16 bits per heavy atom. The van der Waals surface area contributed by atoms with E-state index in [1.807, 2.05) is 19.1 Å². The zero-order valence-electron chi connectivity index (χ0n) is 21.0. The lowest BCUT2D eigenvalue weighted by Gasteiger charge is -2.33. The van der Waals surface area contributed by atoms with E-state index in [2.05, 4.69) is 29.2 Å². The molecule has 8 nitrogen and oxygen atoms in total. The highest BCUT2D eigenvalue weighted by molar-refractivity contribution is 8.26. The maximum absolute atomic E-state index is 13.7. The predicted molar refractivity (Wildman–Crippen MR) is 153 cm³/mol. The standard InChI is InChI=1S/C28H28N4O4S2/c1-18-6-5-12-31-24(18)29-25(30-13-9-20(10-14-30)16-19-7-3-2-4-8-19)21(26(31)35)17-22-27(36)32(28(37)38-22)15-11-23(33)34/h2-8,12,17,20H,9-11,13-16H2,1H3,(H,33,34)/b22-17-. The normalized spacial score (nSPS) is 17.7. The van der Waals surface area contributed by atoms with Crippen LogP contribution in [0, 0.1) is 12.8 Å². The van der Waals surface area contributed by atoms with Crippen molar-refractivity contribution in [2.75, 3.05) is 24.5 Å². The Balaban J connectivity index is 1.48. The lowest BCUT2D eigenvalue weighted by Crippen LogP contribution is -2.37. The Morgan fingerprint density at radius 3 is 2.61 bits per heavy atom. The second-order valence-corrected chi connectivity index (χ2v) is 11.3. The van der Waals surface area contributed by atoms with Crippen LogP contribution >= 0.6 is 24.0 Å². The van der Waals surface area contributed by atoms with Crippen LogP contribution in [0.2, 0.25) is 0 Å². The van der Waals surface area contributed by atoms with Crippen LogP contribution in [0.3, 0.4) is 0 Å². The fraction of sp³-hybridized carbons (Fsp3) is 0.321. The SMILES string of the molecule is Cc1cccn2c(=O)c(/C=C3\SC(=S)N(CCC(=O)O)C3=O)c(N3CCC(Cc4ccccc4)CC3)nc12. The van der Waals surface area contributed by atoms with Crippen molar-refractivity contribution in [3.8, 4) is 0 Å². The smallest absolute Gasteiger partial charge is 0.305 e. The Morgan fingerprint density at radius 2 is 1.89 bits per heavy atom. The molecule has 2 aliphatic rings. The van der Waals surface area contributed by atoms with Gasteiger partial charge < -0.3 is 10.0 Å². The van der Waals surface area contributed by atoms with E-state index in [4.69, 9.17) is 22.3 Å². The first kappa shape index (κ1) is 26.1. The molecular weight excluding hydrogens is 520 g/mol. The minimum Gasteiger partial charge on any atom is -0.481 e. The molecule has 2 aromatic heterocycles. The van der Waals surface area contributed by atoms with E-state index in [0.29, 0.717) is 27.9 Å². The number of benzene rings is 1. The summed E-state index contributed by atoms with van der Waals surface area (Å²) in [5.41, 5.74) is 2.89. The number of carbonyl (C=O) groups excluding carboxylic acids is 1. The van der Waals surface area contributed by atoms with Crippen molar-refractivity contribution in [1.29, 1.82) is 0 Å². The Labute approximate surface area is 230 Å². The summed E-state index contributed by atoms with van der Waals surface area (Å²) in [4.78, 5) is 46.5. The van der Waals surface area contributed by atoms with Gasteiger partial charge in [0, 0.05) is 25.8 Å². The van der Waals surface area contributed by atoms with Gasteiger partial charge in [-0.1, -0.05) is 60.4 Å². The van der Waals surface area contributed by atoms with Crippen LogP contribution in [-0.2, 0) is 16.0 Å². The molecule has 0 bridgehead atoms. The summed E-state index contributed by atoms with van der Waals surface area (Å²) < 4.78 is 1.80. The van der Waals surface area contributed by atoms with Crippen LogP contribution in [0.5, 0.6) is 0 Å². The van der Waals surface area contributed by atoms with Gasteiger partial charge in [0.1, 0.15) is 15.8 Å². The molecule has 0 spiro atoms. The highest BCUT2D eigenvalue weighted by Crippen LogP contribution is 2.34. The molecule has 2 fully saturated rings. The summed E-state index contributed by atoms with van der Waals surface area (Å²) in [7, 11) is 0. The quantitative estimate of drug-likeness (QED) is 0.348. The molecule has 1 aromatic carbocycles. The predicted octanol–water partition coefficient (Wildman–Crippen LogP) is 4.14. The minimum atomic E-state index is -1.01. The number of aryl methyl sites for hydroxylation is 1. The van der Waals surface area contributed by atoms with E-state index in [9.17, 15) is 14.4 Å². The second kappa shape index (κ2) is 11.1. The molecule has 1 amide bonds. The van der Waals surface area contributed by atoms with Gasteiger partial charge in [0.25, 0.3) is 11.5 Å². The van der Waals surface area contributed by atoms with Crippen LogP contribution in [-0.4, -0.2) is 55.2 Å². The van der Waals surface area contributed by atoms with E-state index in [1.54, 1.807) is 18.3 Å². The summed E-state index contributed by atoms with van der Waals surface area (Å²) in [6.45, 7) is 3.43. The molecule has 0 atom stereocenters. The number of hydrogen-bond donors (Lipinski definition) is 1. The van der Waals surface area contributed by atoms with Gasteiger partial charge in [-0.2, -0.15) is 0 Å². The number of carboxylic acid groups (broad SMARTS) is 1. The number of carbonyl (C=O) groups is 2. The molecule has 2 aliphatic heterocycles. The molecule has 0 radical (unpaired) electrons. The van der Waals surface area contributed by atoms with Gasteiger partial charge in [0.15, 0.2) is 0 Å². The first-order chi connectivity index (χ1) is 18.3. The third-order valence-electron chi connectivity index (χ3n) is 7.04. The second-order valence-electron chi connectivity index (χ2n) is 9.64. The highest BCUT2D eigenvalue weighted by atomic mass is 32.2. The third kappa shape index (κ3) is 5.37. The zero-order valence-corrected chi connectivity index (χ0v) is 22.6. The first-order valence-electron chi connectivity index (χ1n) is 12.6. The van der Waals surface area contributed by atoms with Gasteiger partial charge in [-0.15, -0.1) is 0 Å². The zero-order chi connectivity index (χ0) is 26.8. The monoisotopic (exact) mass is 548 g/mol. The molecule has 10 heteroatoms. The summed E-state index contributed by atoms with van der Waals surface area (Å²) in [5.74, 6) is -0.278. The Kier molecular flexibility index (Phi) is 7.62. The van der Waals surface area contributed by atoms with Gasteiger partial charge in [0.05, 0.1) is 16.9 Å². The summed E-state index contributed by atoms with van der Waals surface area (Å²) in [5, 5.41) is 9.03. The highest BCUT2D eigenvalue weighted by Gasteiger charge is 2.33. The maximum atomic E-state index is 13.7. The number of nitrogens with zero attached hydrogens (tertiary/aromatic N) is 4. The fourth-order valence-electron chi connectivity index (χ4n) is 5.00. The van der Waals surface area contributed by atoms with E-state index in [0.717, 1.165) is 49.7 Å². The molecular formula is C28H28N4O4S2. The first-order valence-corrected chi connectivity index (χ1v) is 13.8. The number of anilines is 1. The van der Waals surface area contributed by atoms with Crippen LogP contribution in [0.25, 0.3) is 11.7 Å². The number of hydrogen-bond acceptors (Lipinski definition) is 7. The molecule has 196 valence electrons. The summed E-state index contributed by atoms with van der Waals surface area (Å²) >= 11 is 6.42. The number of thioether (sulfide) groups is 1. The van der Waals surface area contributed by atoms with Crippen LogP contribution in [0.1, 0.15) is 36.0 Å². The molecule has 4 heterocycles. The lowest BCUT2D eigenvalue weighted by molar-refractivity contribution is -0.137. The summed E-state index contributed by atoms with van der Waals surface area (Å²) in [6.07, 6.45) is 6.02. The van der Waals surface area contributed by atoms with Crippen molar-refractivity contribution < 1.29 is 14.7 Å². The van der Waals surface area contributed by atoms with Gasteiger partial charge in [-0.25, -0.2) is 4.98 Å². The minimum absolute atomic E-state index is 0.00667. The number of rotatable bonds is 7. The number of carboxylic acids is 1. The molecule has 3 aromatic rings. The van der Waals surface area contributed by atoms with E-state index >= 15 is 0 Å². The number of amides is 1. The maximum Gasteiger partial charge on any atom is 0.305 e. The van der Waals surface area contributed by atoms with Crippen molar-refractivity contribution in [1.82, 2.24) is 14.3 Å². The number of fused-ring (bicyclic) bond motifs is 1. The van der Waals surface area contributed by atoms with Gasteiger partial charge in [-0.3, -0.25) is 23.7 Å². The van der Waals surface area contributed by atoms with E-state index < -0.39 is 5.97 Å². The molecule has 0 saturated carbocycles. The molecule has 38 heavy (non-hydrogen) atoms. The largest absolute Gasteiger partial charge is 0.481 e. The lowest BCUT2D eigenvalue weighted by atomic mass is 9.90. The van der Waals surface area contributed by atoms with Crippen molar-refractivity contribution >= 4 is 57.7 Å². The van der Waals surface area contributed by atoms with Crippen LogP contribution in [0.4, 0.5) is 5.82 Å². The van der Waals surface area contributed by atoms with Gasteiger partial charge >= 0.3 is 5.97 Å². The van der Waals surface area contributed by atoms with Crippen molar-refractivity contribution in [3.05, 3.63) is 80.6 Å². The average Bonchev–Trinajstić information content (AvgIpc) is 3.17. The number of pyridine rings is 1. The molecule has 2 saturated heterocycles. The van der Waals surface area contributed by atoms with Crippen molar-refractivity contribution in [3.63, 3.8) is 0 Å². The number of aromatic nitrogens is 2. The van der Waals surface area contributed by atoms with Crippen LogP contribution < -0.4 is 10.5 Å². The number of thiocarbonyl (C=S) groups is 1. The molecule has 1 N–H and O–H groups in total. The van der Waals surface area contributed by atoms with Gasteiger partial charge in [-0.05, 0) is 55.4 Å². The van der Waals surface area contributed by atoms with Crippen molar-refractivity contribution in [2.45, 2.75) is 32.6 Å². The van der Waals surface area contributed by atoms with Crippen LogP contribution in [0.15, 0.2) is 58.4 Å². The van der Waals surface area contributed by atoms with Gasteiger partial charge in [0.2, 0.25) is 0 Å². The Hall–Kier alpha value is -3.50. The fourth-order valence-corrected chi connectivity index (χ4v) is 6.29. The molecule has 0 aliphatic carbocycles. The molecule has 0 unspecified atom stereocenters. The summed E-state index contributed by atoms with van der Waals surface area (Å²) in [6, 6.07) is 14.2.